The van der Waals surface area contributed by atoms with Crippen LogP contribution in [0.25, 0.3) is 10.9 Å². The zero-order valence-electron chi connectivity index (χ0n) is 19.0. The summed E-state index contributed by atoms with van der Waals surface area (Å²) in [5.41, 5.74) is 1.16. The largest absolute Gasteiger partial charge is 0.352 e. The first kappa shape index (κ1) is 24.4. The number of pyridine rings is 1. The maximum Gasteiger partial charge on any atom is 0.252 e. The Morgan fingerprint density at radius 1 is 1.15 bits per heavy atom. The number of hydrogen-bond donors (Lipinski definition) is 2. The molecule has 1 atom stereocenters. The van der Waals surface area contributed by atoms with Gasteiger partial charge in [-0.05, 0) is 61.6 Å². The molecule has 2 heterocycles. The second kappa shape index (κ2) is 10.3. The van der Waals surface area contributed by atoms with E-state index in [4.69, 9.17) is 11.6 Å². The second-order valence-electron chi connectivity index (χ2n) is 8.56. The third-order valence-electron chi connectivity index (χ3n) is 6.32. The summed E-state index contributed by atoms with van der Waals surface area (Å²) in [6.45, 7) is 2.84. The molecule has 180 valence electrons. The summed E-state index contributed by atoms with van der Waals surface area (Å²) in [4.78, 5) is 28.0. The topological polar surface area (TPSA) is 99.3 Å². The van der Waals surface area contributed by atoms with Crippen LogP contribution in [0.5, 0.6) is 0 Å². The van der Waals surface area contributed by atoms with Crippen molar-refractivity contribution in [2.45, 2.75) is 50.0 Å². The summed E-state index contributed by atoms with van der Waals surface area (Å²) in [5, 5.41) is 3.87. The highest BCUT2D eigenvalue weighted by Crippen LogP contribution is 2.29. The number of nitrogens with zero attached hydrogens (tertiary/aromatic N) is 1. The van der Waals surface area contributed by atoms with Gasteiger partial charge in [0.05, 0.1) is 10.5 Å². The van der Waals surface area contributed by atoms with E-state index >= 15 is 0 Å². The molecular formula is C25H28ClN3O4S. The van der Waals surface area contributed by atoms with Crippen molar-refractivity contribution in [1.29, 1.82) is 0 Å². The van der Waals surface area contributed by atoms with E-state index in [2.05, 4.69) is 10.3 Å². The molecule has 1 fully saturated rings. The minimum absolute atomic E-state index is 0.0272. The molecule has 34 heavy (non-hydrogen) atoms. The molecule has 0 aliphatic carbocycles. The Morgan fingerprint density at radius 3 is 2.65 bits per heavy atom. The van der Waals surface area contributed by atoms with Gasteiger partial charge in [0, 0.05) is 41.1 Å². The van der Waals surface area contributed by atoms with E-state index in [1.807, 2.05) is 19.1 Å². The molecule has 3 aromatic rings. The summed E-state index contributed by atoms with van der Waals surface area (Å²) < 4.78 is 28.5. The van der Waals surface area contributed by atoms with Crippen molar-refractivity contribution in [3.05, 3.63) is 75.0 Å². The number of halogens is 1. The van der Waals surface area contributed by atoms with Gasteiger partial charge in [-0.15, -0.1) is 0 Å². The summed E-state index contributed by atoms with van der Waals surface area (Å²) in [5.74, 6) is -0.427. The smallest absolute Gasteiger partial charge is 0.252 e. The molecule has 0 saturated carbocycles. The second-order valence-corrected chi connectivity index (χ2v) is 10.9. The van der Waals surface area contributed by atoms with Crippen molar-refractivity contribution in [3.63, 3.8) is 0 Å². The fraction of sp³-hybridized carbons (Fsp3) is 0.360. The highest BCUT2D eigenvalue weighted by molar-refractivity contribution is 7.89. The van der Waals surface area contributed by atoms with Crippen molar-refractivity contribution in [3.8, 4) is 0 Å². The molecule has 7 nitrogen and oxygen atoms in total. The fourth-order valence-electron chi connectivity index (χ4n) is 4.48. The highest BCUT2D eigenvalue weighted by atomic mass is 35.5. The van der Waals surface area contributed by atoms with Gasteiger partial charge in [0.15, 0.2) is 0 Å². The number of hydrogen-bond acceptors (Lipinski definition) is 4. The van der Waals surface area contributed by atoms with E-state index < -0.39 is 21.5 Å². The van der Waals surface area contributed by atoms with Gasteiger partial charge in [0.25, 0.3) is 5.91 Å². The Hall–Kier alpha value is -2.68. The number of benzene rings is 2. The molecule has 0 radical (unpaired) electrons. The molecule has 1 saturated heterocycles. The number of aromatic amines is 1. The maximum absolute atomic E-state index is 13.4. The molecule has 0 bridgehead atoms. The number of piperidine rings is 1. The lowest BCUT2D eigenvalue weighted by molar-refractivity contribution is 0.0955. The molecule has 0 unspecified atom stereocenters. The quantitative estimate of drug-likeness (QED) is 0.509. The van der Waals surface area contributed by atoms with Crippen LogP contribution in [0.3, 0.4) is 0 Å². The van der Waals surface area contributed by atoms with E-state index in [1.165, 1.54) is 18.2 Å². The monoisotopic (exact) mass is 501 g/mol. The number of carbonyl (C=O) groups excluding carboxylic acids is 1. The minimum atomic E-state index is -3.73. The maximum atomic E-state index is 13.4. The number of nitrogens with one attached hydrogen (secondary N) is 2. The van der Waals surface area contributed by atoms with Crippen molar-refractivity contribution in [2.75, 3.05) is 13.1 Å². The minimum Gasteiger partial charge on any atom is -0.352 e. The average molecular weight is 502 g/mol. The standard InChI is InChI=1S/C25H28ClN3O4S/c1-2-19-5-3-4-14-29(19)34(32,33)20-10-11-23-21(15-20)22(16-24(30)28-23)25(31)27-13-12-17-6-8-18(26)9-7-17/h6-11,15-16,19H,2-5,12-14H2,1H3,(H,27,31)(H,28,30)/t19-/m1/s1. The van der Waals surface area contributed by atoms with Crippen LogP contribution in [0.4, 0.5) is 0 Å². The predicted molar refractivity (Wildman–Crippen MR) is 134 cm³/mol. The van der Waals surface area contributed by atoms with Crippen LogP contribution >= 0.6 is 11.6 Å². The lowest BCUT2D eigenvalue weighted by Gasteiger charge is -2.34. The average Bonchev–Trinajstić information content (AvgIpc) is 2.84. The van der Waals surface area contributed by atoms with Gasteiger partial charge >= 0.3 is 0 Å². The third kappa shape index (κ3) is 5.19. The molecule has 4 rings (SSSR count). The van der Waals surface area contributed by atoms with E-state index in [1.54, 1.807) is 22.5 Å². The first-order valence-corrected chi connectivity index (χ1v) is 13.3. The van der Waals surface area contributed by atoms with Crippen LogP contribution in [-0.2, 0) is 16.4 Å². The summed E-state index contributed by atoms with van der Waals surface area (Å²) in [6, 6.07) is 13.1. The molecule has 0 spiro atoms. The summed E-state index contributed by atoms with van der Waals surface area (Å²) in [6.07, 6.45) is 4.04. The van der Waals surface area contributed by atoms with Crippen LogP contribution < -0.4 is 10.9 Å². The summed E-state index contributed by atoms with van der Waals surface area (Å²) >= 11 is 5.91. The number of fused-ring (bicyclic) bond motifs is 1. The normalized spacial score (nSPS) is 17.1. The van der Waals surface area contributed by atoms with Gasteiger partial charge in [-0.3, -0.25) is 9.59 Å². The lowest BCUT2D eigenvalue weighted by Crippen LogP contribution is -2.43. The van der Waals surface area contributed by atoms with Crippen molar-refractivity contribution in [1.82, 2.24) is 14.6 Å². The first-order valence-electron chi connectivity index (χ1n) is 11.5. The zero-order valence-corrected chi connectivity index (χ0v) is 20.6. The lowest BCUT2D eigenvalue weighted by atomic mass is 10.0. The Labute approximate surface area is 204 Å². The first-order chi connectivity index (χ1) is 16.3. The Kier molecular flexibility index (Phi) is 7.40. The zero-order chi connectivity index (χ0) is 24.3. The van der Waals surface area contributed by atoms with Crippen molar-refractivity contribution >= 4 is 38.4 Å². The molecule has 2 aromatic carbocycles. The molecule has 1 aliphatic rings. The highest BCUT2D eigenvalue weighted by Gasteiger charge is 2.32. The number of aromatic nitrogens is 1. The number of sulfonamides is 1. The van der Waals surface area contributed by atoms with E-state index in [0.29, 0.717) is 35.4 Å². The Morgan fingerprint density at radius 2 is 1.91 bits per heavy atom. The number of H-pyrrole nitrogens is 1. The van der Waals surface area contributed by atoms with Crippen LogP contribution in [0, 0.1) is 0 Å². The van der Waals surface area contributed by atoms with Crippen LogP contribution in [0.2, 0.25) is 5.02 Å². The SMILES string of the molecule is CC[C@@H]1CCCCN1S(=O)(=O)c1ccc2[nH]c(=O)cc(C(=O)NCCc3ccc(Cl)cc3)c2c1. The third-order valence-corrected chi connectivity index (χ3v) is 8.52. The van der Waals surface area contributed by atoms with Gasteiger partial charge in [-0.25, -0.2) is 8.42 Å². The van der Waals surface area contributed by atoms with Crippen LogP contribution in [0.15, 0.2) is 58.2 Å². The predicted octanol–water partition coefficient (Wildman–Crippen LogP) is 4.11. The Bertz CT molecular complexity index is 1350. The van der Waals surface area contributed by atoms with E-state index in [-0.39, 0.29) is 16.5 Å². The van der Waals surface area contributed by atoms with E-state index in [9.17, 15) is 18.0 Å². The Balaban J connectivity index is 1.62. The number of rotatable bonds is 7. The summed E-state index contributed by atoms with van der Waals surface area (Å²) in [7, 11) is -3.73. The molecule has 9 heteroatoms. The van der Waals surface area contributed by atoms with Gasteiger partial charge in [-0.1, -0.05) is 37.1 Å². The van der Waals surface area contributed by atoms with Gasteiger partial charge in [0.2, 0.25) is 15.6 Å². The van der Waals surface area contributed by atoms with Crippen molar-refractivity contribution < 1.29 is 13.2 Å². The van der Waals surface area contributed by atoms with Crippen LogP contribution in [0.1, 0.15) is 48.5 Å². The van der Waals surface area contributed by atoms with E-state index in [0.717, 1.165) is 31.2 Å². The van der Waals surface area contributed by atoms with Gasteiger partial charge in [-0.2, -0.15) is 4.31 Å². The van der Waals surface area contributed by atoms with Crippen molar-refractivity contribution in [2.24, 2.45) is 0 Å². The number of carbonyl (C=O) groups is 1. The van der Waals surface area contributed by atoms with Gasteiger partial charge < -0.3 is 10.3 Å². The molecule has 1 aliphatic heterocycles. The number of amides is 1. The van der Waals surface area contributed by atoms with Crippen LogP contribution in [-0.4, -0.2) is 42.7 Å². The molecule has 2 N–H and O–H groups in total. The molecule has 1 aromatic heterocycles. The molecular weight excluding hydrogens is 474 g/mol. The van der Waals surface area contributed by atoms with Gasteiger partial charge in [0.1, 0.15) is 0 Å². The fourth-order valence-corrected chi connectivity index (χ4v) is 6.40. The molecule has 1 amide bonds.